The molecule has 3 nitrogen and oxygen atoms in total. The van der Waals surface area contributed by atoms with Gasteiger partial charge in [0.05, 0.1) is 6.61 Å². The topological polar surface area (TPSA) is 35.5 Å². The van der Waals surface area contributed by atoms with E-state index in [9.17, 15) is 4.79 Å². The van der Waals surface area contributed by atoms with Gasteiger partial charge in [-0.1, -0.05) is 0 Å². The minimum atomic E-state index is -0.331. The molecular formula is C4H9O3P. The van der Waals surface area contributed by atoms with Crippen LogP contribution in [0.2, 0.25) is 0 Å². The first-order chi connectivity index (χ1) is 3.81. The number of carbonyl (C=O) groups excluding carboxylic acids is 1. The number of carbonyl (C=O) groups is 1. The third kappa shape index (κ3) is 4.03. The van der Waals surface area contributed by atoms with E-state index < -0.39 is 0 Å². The summed E-state index contributed by atoms with van der Waals surface area (Å²) in [5.74, 6) is -0.331. The largest absolute Gasteiger partial charge is 0.464 e. The Labute approximate surface area is 50.6 Å². The van der Waals surface area contributed by atoms with Crippen LogP contribution in [0.1, 0.15) is 6.92 Å². The van der Waals surface area contributed by atoms with E-state index in [1.165, 1.54) is 0 Å². The van der Waals surface area contributed by atoms with Crippen LogP contribution in [0.4, 0.5) is 0 Å². The van der Waals surface area contributed by atoms with Gasteiger partial charge in [0.1, 0.15) is 6.61 Å². The highest BCUT2D eigenvalue weighted by molar-refractivity contribution is 7.09. The Morgan fingerprint density at radius 3 is 2.75 bits per heavy atom. The predicted molar refractivity (Wildman–Crippen MR) is 32.3 cm³/mol. The van der Waals surface area contributed by atoms with Gasteiger partial charge in [0, 0.05) is 9.47 Å². The minimum Gasteiger partial charge on any atom is -0.464 e. The van der Waals surface area contributed by atoms with Gasteiger partial charge in [-0.25, -0.2) is 4.79 Å². The van der Waals surface area contributed by atoms with Crippen LogP contribution in [0.5, 0.6) is 0 Å². The summed E-state index contributed by atoms with van der Waals surface area (Å²) in [6.07, 6.45) is 0. The molecule has 0 heterocycles. The zero-order valence-electron chi connectivity index (χ0n) is 4.72. The van der Waals surface area contributed by atoms with E-state index in [0.717, 1.165) is 0 Å². The molecule has 0 aromatic rings. The van der Waals surface area contributed by atoms with E-state index in [2.05, 4.69) is 9.26 Å². The fraction of sp³-hybridized carbons (Fsp3) is 0.750. The lowest BCUT2D eigenvalue weighted by molar-refractivity contribution is -0.145. The van der Waals surface area contributed by atoms with Gasteiger partial charge in [0.2, 0.25) is 0 Å². The van der Waals surface area contributed by atoms with Gasteiger partial charge in [-0.15, -0.1) is 0 Å². The van der Waals surface area contributed by atoms with Crippen molar-refractivity contribution in [3.05, 3.63) is 0 Å². The fourth-order valence-electron chi connectivity index (χ4n) is 0.271. The van der Waals surface area contributed by atoms with Gasteiger partial charge in [0.25, 0.3) is 0 Å². The average Bonchev–Trinajstić information content (AvgIpc) is 1.68. The molecule has 48 valence electrons. The Morgan fingerprint density at radius 1 is 1.75 bits per heavy atom. The molecule has 0 N–H and O–H groups in total. The SMILES string of the molecule is CCOC(=O)COP. The van der Waals surface area contributed by atoms with Crippen molar-refractivity contribution < 1.29 is 14.1 Å². The molecule has 0 saturated carbocycles. The van der Waals surface area contributed by atoms with Crippen molar-refractivity contribution in [3.63, 3.8) is 0 Å². The molecule has 0 bridgehead atoms. The second-order valence-electron chi connectivity index (χ2n) is 1.12. The van der Waals surface area contributed by atoms with E-state index in [1.54, 1.807) is 6.92 Å². The van der Waals surface area contributed by atoms with E-state index >= 15 is 0 Å². The van der Waals surface area contributed by atoms with Crippen LogP contribution >= 0.6 is 9.47 Å². The maximum absolute atomic E-state index is 10.3. The summed E-state index contributed by atoms with van der Waals surface area (Å²) in [5.41, 5.74) is 0. The standard InChI is InChI=1S/C4H9O3P/c1-2-6-4(5)3-7-8/h2-3,8H2,1H3. The summed E-state index contributed by atoms with van der Waals surface area (Å²) >= 11 is 0. The molecule has 8 heavy (non-hydrogen) atoms. The Kier molecular flexibility index (Phi) is 4.92. The molecule has 0 radical (unpaired) electrons. The van der Waals surface area contributed by atoms with Crippen molar-refractivity contribution >= 4 is 15.4 Å². The molecule has 0 aliphatic carbocycles. The smallest absolute Gasteiger partial charge is 0.332 e. The summed E-state index contributed by atoms with van der Waals surface area (Å²) in [5, 5.41) is 0. The highest BCUT2D eigenvalue weighted by Gasteiger charge is 1.96. The minimum absolute atomic E-state index is 0.0124. The maximum atomic E-state index is 10.3. The van der Waals surface area contributed by atoms with Crippen LogP contribution in [-0.2, 0) is 14.1 Å². The maximum Gasteiger partial charge on any atom is 0.332 e. The number of hydrogen-bond donors (Lipinski definition) is 0. The zero-order valence-corrected chi connectivity index (χ0v) is 5.87. The Morgan fingerprint density at radius 2 is 2.38 bits per heavy atom. The zero-order chi connectivity index (χ0) is 6.41. The summed E-state index contributed by atoms with van der Waals surface area (Å²) < 4.78 is 8.90. The number of hydrogen-bond acceptors (Lipinski definition) is 3. The van der Waals surface area contributed by atoms with Crippen molar-refractivity contribution in [2.75, 3.05) is 13.2 Å². The van der Waals surface area contributed by atoms with Gasteiger partial charge in [-0.2, -0.15) is 0 Å². The third-order valence-electron chi connectivity index (χ3n) is 0.507. The van der Waals surface area contributed by atoms with Gasteiger partial charge < -0.3 is 9.26 Å². The molecule has 1 unspecified atom stereocenters. The molecule has 0 rings (SSSR count). The first kappa shape index (κ1) is 7.86. The van der Waals surface area contributed by atoms with Crippen molar-refractivity contribution in [1.82, 2.24) is 0 Å². The quantitative estimate of drug-likeness (QED) is 0.415. The number of ether oxygens (including phenoxy) is 1. The van der Waals surface area contributed by atoms with Crippen LogP contribution in [0.15, 0.2) is 0 Å². The lowest BCUT2D eigenvalue weighted by Crippen LogP contribution is -2.08. The first-order valence-electron chi connectivity index (χ1n) is 2.28. The molecule has 0 aliphatic heterocycles. The highest BCUT2D eigenvalue weighted by Crippen LogP contribution is 1.85. The average molecular weight is 136 g/mol. The van der Waals surface area contributed by atoms with E-state index in [-0.39, 0.29) is 12.6 Å². The lowest BCUT2D eigenvalue weighted by Gasteiger charge is -1.96. The molecule has 0 spiro atoms. The molecule has 4 heteroatoms. The van der Waals surface area contributed by atoms with Gasteiger partial charge >= 0.3 is 5.97 Å². The Hall–Kier alpha value is -0.140. The molecule has 0 aromatic heterocycles. The molecule has 0 amide bonds. The van der Waals surface area contributed by atoms with Crippen molar-refractivity contribution in [2.45, 2.75) is 6.92 Å². The van der Waals surface area contributed by atoms with Crippen LogP contribution < -0.4 is 0 Å². The van der Waals surface area contributed by atoms with Crippen molar-refractivity contribution in [3.8, 4) is 0 Å². The lowest BCUT2D eigenvalue weighted by atomic mass is 10.7. The summed E-state index contributed by atoms with van der Waals surface area (Å²) in [6.45, 7) is 2.17. The molecule has 0 aliphatic rings. The second-order valence-corrected chi connectivity index (χ2v) is 1.45. The van der Waals surface area contributed by atoms with Gasteiger partial charge in [0.15, 0.2) is 0 Å². The summed E-state index contributed by atoms with van der Waals surface area (Å²) in [6, 6.07) is 0. The van der Waals surface area contributed by atoms with Crippen LogP contribution in [0, 0.1) is 0 Å². The van der Waals surface area contributed by atoms with Crippen molar-refractivity contribution in [2.24, 2.45) is 0 Å². The fourth-order valence-corrected chi connectivity index (χ4v) is 0.407. The molecule has 0 saturated heterocycles. The summed E-state index contributed by atoms with van der Waals surface area (Å²) in [7, 11) is 1.97. The number of esters is 1. The predicted octanol–water partition coefficient (Wildman–Crippen LogP) is 0.356. The van der Waals surface area contributed by atoms with Crippen LogP contribution in [0.25, 0.3) is 0 Å². The molecule has 1 atom stereocenters. The first-order valence-corrected chi connectivity index (χ1v) is 2.75. The second kappa shape index (κ2) is 5.01. The normalized spacial score (nSPS) is 8.75. The molecular weight excluding hydrogens is 127 g/mol. The molecule has 0 fully saturated rings. The number of rotatable bonds is 3. The van der Waals surface area contributed by atoms with Crippen LogP contribution in [0.3, 0.4) is 0 Å². The summed E-state index contributed by atoms with van der Waals surface area (Å²) in [4.78, 5) is 10.3. The van der Waals surface area contributed by atoms with E-state index in [1.807, 2.05) is 9.47 Å². The Balaban J connectivity index is 3.06. The van der Waals surface area contributed by atoms with Crippen molar-refractivity contribution in [1.29, 1.82) is 0 Å². The van der Waals surface area contributed by atoms with Gasteiger partial charge in [-0.05, 0) is 6.92 Å². The van der Waals surface area contributed by atoms with E-state index in [0.29, 0.717) is 6.61 Å². The van der Waals surface area contributed by atoms with E-state index in [4.69, 9.17) is 0 Å². The van der Waals surface area contributed by atoms with Gasteiger partial charge in [-0.3, -0.25) is 0 Å². The highest BCUT2D eigenvalue weighted by atomic mass is 31.0. The Bertz CT molecular complexity index is 65.7. The molecule has 0 aromatic carbocycles. The van der Waals surface area contributed by atoms with Crippen LogP contribution in [-0.4, -0.2) is 19.2 Å². The monoisotopic (exact) mass is 136 g/mol. The third-order valence-corrected chi connectivity index (χ3v) is 0.673.